The molecule has 1 atom stereocenters. The minimum atomic E-state index is -0.389. The van der Waals surface area contributed by atoms with E-state index in [4.69, 9.17) is 0 Å². The highest BCUT2D eigenvalue weighted by Crippen LogP contribution is 2.41. The molecule has 1 aromatic carbocycles. The molecule has 7 nitrogen and oxygen atoms in total. The molecule has 1 fully saturated rings. The Morgan fingerprint density at radius 2 is 1.91 bits per heavy atom. The molecule has 5 rings (SSSR count). The van der Waals surface area contributed by atoms with Crippen LogP contribution in [-0.4, -0.2) is 35.9 Å². The van der Waals surface area contributed by atoms with E-state index in [9.17, 15) is 9.18 Å². The number of nitrogens with one attached hydrogen (secondary N) is 1. The molecule has 32 heavy (non-hydrogen) atoms. The highest BCUT2D eigenvalue weighted by molar-refractivity contribution is 8.00. The molecule has 3 aromatic heterocycles. The lowest BCUT2D eigenvalue weighted by molar-refractivity contribution is -0.115. The number of thioether (sulfide) groups is 1. The summed E-state index contributed by atoms with van der Waals surface area (Å²) in [7, 11) is 0. The third kappa shape index (κ3) is 4.42. The number of hydrogen-bond donors (Lipinski definition) is 1. The Balaban J connectivity index is 1.29. The van der Waals surface area contributed by atoms with E-state index < -0.39 is 0 Å². The fraction of sp³-hybridized carbons (Fsp3) is 0.227. The predicted molar refractivity (Wildman–Crippen MR) is 123 cm³/mol. The Kier molecular flexibility index (Phi) is 5.71. The summed E-state index contributed by atoms with van der Waals surface area (Å²) in [6.45, 7) is 1.84. The number of thiazole rings is 1. The van der Waals surface area contributed by atoms with Crippen LogP contribution < -0.4 is 5.32 Å². The van der Waals surface area contributed by atoms with Crippen molar-refractivity contribution in [1.29, 1.82) is 0 Å². The molecule has 1 N–H and O–H groups in total. The van der Waals surface area contributed by atoms with Gasteiger partial charge in [0.05, 0.1) is 10.9 Å². The maximum Gasteiger partial charge on any atom is 0.239 e. The fourth-order valence-electron chi connectivity index (χ4n) is 3.22. The Hall–Kier alpha value is -3.11. The number of rotatable bonds is 7. The molecular weight excluding hydrogens is 447 g/mol. The Morgan fingerprint density at radius 3 is 2.62 bits per heavy atom. The van der Waals surface area contributed by atoms with Gasteiger partial charge in [-0.1, -0.05) is 11.8 Å². The van der Waals surface area contributed by atoms with Gasteiger partial charge < -0.3 is 5.32 Å². The van der Waals surface area contributed by atoms with E-state index >= 15 is 0 Å². The van der Waals surface area contributed by atoms with Crippen molar-refractivity contribution in [2.45, 2.75) is 36.2 Å². The second kappa shape index (κ2) is 8.79. The third-order valence-electron chi connectivity index (χ3n) is 5.04. The molecule has 0 bridgehead atoms. The highest BCUT2D eigenvalue weighted by Gasteiger charge is 2.31. The first-order chi connectivity index (χ1) is 15.6. The average molecular weight is 467 g/mol. The topological polar surface area (TPSA) is 85.6 Å². The number of pyridine rings is 1. The van der Waals surface area contributed by atoms with Gasteiger partial charge >= 0.3 is 0 Å². The standard InChI is InChI=1S/C22H19FN6OS2/c1-13(20(30)26-21-25-18(12-31-21)14-2-4-16(23)5-3-14)32-22-28-27-19(29(22)17-6-7-17)15-8-10-24-11-9-15/h2-5,8-13,17H,6-7H2,1H3,(H,25,26,30)/t13-/m1/s1. The van der Waals surface area contributed by atoms with Crippen LogP contribution in [0.15, 0.2) is 59.3 Å². The van der Waals surface area contributed by atoms with Crippen LogP contribution in [-0.2, 0) is 4.79 Å². The second-order valence-electron chi connectivity index (χ2n) is 7.44. The number of aromatic nitrogens is 5. The molecule has 4 aromatic rings. The molecule has 10 heteroatoms. The van der Waals surface area contributed by atoms with Crippen LogP contribution in [0.3, 0.4) is 0 Å². The molecule has 0 unspecified atom stereocenters. The zero-order valence-electron chi connectivity index (χ0n) is 17.1. The van der Waals surface area contributed by atoms with E-state index in [0.717, 1.165) is 34.9 Å². The average Bonchev–Trinajstić information content (AvgIpc) is 3.39. The van der Waals surface area contributed by atoms with E-state index in [1.807, 2.05) is 24.4 Å². The lowest BCUT2D eigenvalue weighted by atomic mass is 10.2. The number of benzene rings is 1. The number of carbonyl (C=O) groups excluding carboxylic acids is 1. The molecule has 0 spiro atoms. The number of hydrogen-bond acceptors (Lipinski definition) is 7. The summed E-state index contributed by atoms with van der Waals surface area (Å²) >= 11 is 2.72. The number of nitrogens with zero attached hydrogens (tertiary/aromatic N) is 5. The quantitative estimate of drug-likeness (QED) is 0.383. The highest BCUT2D eigenvalue weighted by atomic mass is 32.2. The largest absolute Gasteiger partial charge is 0.301 e. The number of amides is 1. The first kappa shape index (κ1) is 20.8. The number of carbonyl (C=O) groups is 1. The molecule has 1 aliphatic rings. The summed E-state index contributed by atoms with van der Waals surface area (Å²) < 4.78 is 15.3. The van der Waals surface area contributed by atoms with Gasteiger partial charge in [0.1, 0.15) is 5.82 Å². The van der Waals surface area contributed by atoms with Crippen molar-refractivity contribution in [3.8, 4) is 22.6 Å². The summed E-state index contributed by atoms with van der Waals surface area (Å²) in [6, 6.07) is 10.3. The van der Waals surface area contributed by atoms with Crippen molar-refractivity contribution in [3.63, 3.8) is 0 Å². The minimum Gasteiger partial charge on any atom is -0.301 e. The third-order valence-corrected chi connectivity index (χ3v) is 6.86. The normalized spacial score (nSPS) is 14.3. The van der Waals surface area contributed by atoms with Crippen molar-refractivity contribution in [1.82, 2.24) is 24.7 Å². The molecule has 1 saturated carbocycles. The van der Waals surface area contributed by atoms with Crippen molar-refractivity contribution < 1.29 is 9.18 Å². The fourth-order valence-corrected chi connectivity index (χ4v) is 4.86. The number of anilines is 1. The molecule has 1 amide bonds. The van der Waals surface area contributed by atoms with Crippen molar-refractivity contribution in [2.75, 3.05) is 5.32 Å². The maximum absolute atomic E-state index is 13.1. The SMILES string of the molecule is C[C@@H](Sc1nnc(-c2ccncc2)n1C1CC1)C(=O)Nc1nc(-c2ccc(F)cc2)cs1. The Morgan fingerprint density at radius 1 is 1.16 bits per heavy atom. The molecule has 0 aliphatic heterocycles. The Bertz CT molecular complexity index is 1240. The van der Waals surface area contributed by atoms with E-state index in [1.165, 1.54) is 35.2 Å². The predicted octanol–water partition coefficient (Wildman–Crippen LogP) is 5.06. The van der Waals surface area contributed by atoms with E-state index in [2.05, 4.69) is 30.0 Å². The van der Waals surface area contributed by atoms with Crippen molar-refractivity contribution in [3.05, 3.63) is 60.0 Å². The molecule has 3 heterocycles. The van der Waals surface area contributed by atoms with Gasteiger partial charge in [-0.2, -0.15) is 0 Å². The van der Waals surface area contributed by atoms with Gasteiger partial charge in [-0.15, -0.1) is 21.5 Å². The first-order valence-electron chi connectivity index (χ1n) is 10.1. The van der Waals surface area contributed by atoms with Crippen molar-refractivity contribution in [2.24, 2.45) is 0 Å². The molecule has 162 valence electrons. The van der Waals surface area contributed by atoms with Crippen LogP contribution in [0, 0.1) is 5.82 Å². The van der Waals surface area contributed by atoms with E-state index in [-0.39, 0.29) is 17.0 Å². The van der Waals surface area contributed by atoms with E-state index in [0.29, 0.717) is 16.9 Å². The molecule has 0 saturated heterocycles. The molecular formula is C22H19FN6OS2. The van der Waals surface area contributed by atoms with Crippen LogP contribution in [0.5, 0.6) is 0 Å². The zero-order chi connectivity index (χ0) is 22.1. The summed E-state index contributed by atoms with van der Waals surface area (Å²) in [4.78, 5) is 21.3. The molecule has 1 aliphatic carbocycles. The first-order valence-corrected chi connectivity index (χ1v) is 11.9. The van der Waals surface area contributed by atoms with Crippen LogP contribution in [0.25, 0.3) is 22.6 Å². The van der Waals surface area contributed by atoms with Gasteiger partial charge in [0, 0.05) is 34.9 Å². The van der Waals surface area contributed by atoms with Crippen LogP contribution in [0.2, 0.25) is 0 Å². The lowest BCUT2D eigenvalue weighted by Gasteiger charge is -2.12. The summed E-state index contributed by atoms with van der Waals surface area (Å²) in [5.74, 6) is 0.342. The van der Waals surface area contributed by atoms with Crippen LogP contribution in [0.4, 0.5) is 9.52 Å². The van der Waals surface area contributed by atoms with Gasteiger partial charge in [0.2, 0.25) is 5.91 Å². The van der Waals surface area contributed by atoms with Gasteiger partial charge in [0.15, 0.2) is 16.1 Å². The Labute approximate surface area is 192 Å². The summed E-state index contributed by atoms with van der Waals surface area (Å²) in [6.07, 6.45) is 5.63. The van der Waals surface area contributed by atoms with Crippen LogP contribution in [0.1, 0.15) is 25.8 Å². The lowest BCUT2D eigenvalue weighted by Crippen LogP contribution is -2.22. The zero-order valence-corrected chi connectivity index (χ0v) is 18.7. The van der Waals surface area contributed by atoms with E-state index in [1.54, 1.807) is 24.5 Å². The number of halogens is 1. The summed E-state index contributed by atoms with van der Waals surface area (Å²) in [5.41, 5.74) is 2.45. The maximum atomic E-state index is 13.1. The van der Waals surface area contributed by atoms with Crippen molar-refractivity contribution >= 4 is 34.1 Å². The van der Waals surface area contributed by atoms with Crippen LogP contribution >= 0.6 is 23.1 Å². The monoisotopic (exact) mass is 466 g/mol. The summed E-state index contributed by atoms with van der Waals surface area (Å²) in [5, 5.41) is 14.3. The molecule has 0 radical (unpaired) electrons. The van der Waals surface area contributed by atoms with Gasteiger partial charge in [-0.05, 0) is 56.2 Å². The second-order valence-corrected chi connectivity index (χ2v) is 9.60. The minimum absolute atomic E-state index is 0.161. The van der Waals surface area contributed by atoms with Gasteiger partial charge in [-0.25, -0.2) is 9.37 Å². The van der Waals surface area contributed by atoms with Gasteiger partial charge in [0.25, 0.3) is 0 Å². The van der Waals surface area contributed by atoms with Gasteiger partial charge in [-0.3, -0.25) is 14.3 Å². The smallest absolute Gasteiger partial charge is 0.239 e.